The molecule has 5 heteroatoms. The molecule has 0 saturated carbocycles. The zero-order valence-corrected chi connectivity index (χ0v) is 15.3. The molecule has 1 aliphatic heterocycles. The van der Waals surface area contributed by atoms with Gasteiger partial charge in [0, 0.05) is 12.2 Å². The van der Waals surface area contributed by atoms with Crippen molar-refractivity contribution < 1.29 is 4.79 Å². The van der Waals surface area contributed by atoms with Crippen LogP contribution in [0.5, 0.6) is 0 Å². The molecule has 0 spiro atoms. The fraction of sp³-hybridized carbons (Fsp3) is 0.300. The summed E-state index contributed by atoms with van der Waals surface area (Å²) in [5.41, 5.74) is 5.48. The summed E-state index contributed by atoms with van der Waals surface area (Å²) < 4.78 is 0. The van der Waals surface area contributed by atoms with Crippen LogP contribution in [-0.4, -0.2) is 27.7 Å². The van der Waals surface area contributed by atoms with Crippen molar-refractivity contribution in [1.29, 1.82) is 0 Å². The van der Waals surface area contributed by atoms with Crippen LogP contribution in [0.25, 0.3) is 11.0 Å². The van der Waals surface area contributed by atoms with Crippen LogP contribution in [0, 0.1) is 6.92 Å². The van der Waals surface area contributed by atoms with Gasteiger partial charge in [-0.1, -0.05) is 36.0 Å². The minimum Gasteiger partial charge on any atom is -0.333 e. The standard InChI is InChI=1S/C20H21N3OS/c1-13-9-10-16-17(12-13)22-20(21-16)25-14(2)19(24)23-11-5-7-15-6-3-4-8-18(15)23/h3-4,6,8-10,12,14H,5,7,11H2,1-2H3,(H,21,22)/t14-/m0/s1. The number of amides is 1. The zero-order valence-electron chi connectivity index (χ0n) is 14.5. The maximum atomic E-state index is 13.0. The van der Waals surface area contributed by atoms with Crippen molar-refractivity contribution in [1.82, 2.24) is 9.97 Å². The van der Waals surface area contributed by atoms with Crippen molar-refractivity contribution in [2.75, 3.05) is 11.4 Å². The molecular weight excluding hydrogens is 330 g/mol. The number of anilines is 1. The number of fused-ring (bicyclic) bond motifs is 2. The van der Waals surface area contributed by atoms with Crippen LogP contribution in [-0.2, 0) is 11.2 Å². The van der Waals surface area contributed by atoms with Crippen LogP contribution in [0.2, 0.25) is 0 Å². The number of hydrogen-bond acceptors (Lipinski definition) is 3. The van der Waals surface area contributed by atoms with Crippen LogP contribution in [0.4, 0.5) is 5.69 Å². The molecule has 1 aromatic heterocycles. The second-order valence-electron chi connectivity index (χ2n) is 6.54. The van der Waals surface area contributed by atoms with Crippen LogP contribution < -0.4 is 4.90 Å². The van der Waals surface area contributed by atoms with Gasteiger partial charge in [0.15, 0.2) is 5.16 Å². The van der Waals surface area contributed by atoms with E-state index in [2.05, 4.69) is 35.1 Å². The number of nitrogens with zero attached hydrogens (tertiary/aromatic N) is 2. The largest absolute Gasteiger partial charge is 0.333 e. The molecule has 4 rings (SSSR count). The Hall–Kier alpha value is -2.27. The first-order valence-corrected chi connectivity index (χ1v) is 9.52. The monoisotopic (exact) mass is 351 g/mol. The number of benzene rings is 2. The van der Waals surface area contributed by atoms with Crippen molar-refractivity contribution in [3.63, 3.8) is 0 Å². The van der Waals surface area contributed by atoms with Crippen molar-refractivity contribution in [3.8, 4) is 0 Å². The van der Waals surface area contributed by atoms with Crippen LogP contribution in [0.3, 0.4) is 0 Å². The number of imidazole rings is 1. The predicted octanol–water partition coefficient (Wildman–Crippen LogP) is 4.33. The lowest BCUT2D eigenvalue weighted by atomic mass is 10.0. The number of aryl methyl sites for hydroxylation is 2. The molecular formula is C20H21N3OS. The Balaban J connectivity index is 1.54. The molecule has 2 heterocycles. The molecule has 1 atom stereocenters. The molecule has 0 bridgehead atoms. The summed E-state index contributed by atoms with van der Waals surface area (Å²) in [6.45, 7) is 4.82. The first-order valence-electron chi connectivity index (χ1n) is 8.64. The molecule has 0 saturated heterocycles. The third kappa shape index (κ3) is 3.16. The van der Waals surface area contributed by atoms with Gasteiger partial charge in [0.25, 0.3) is 0 Å². The van der Waals surface area contributed by atoms with Crippen molar-refractivity contribution >= 4 is 34.4 Å². The quantitative estimate of drug-likeness (QED) is 0.715. The lowest BCUT2D eigenvalue weighted by Gasteiger charge is -2.31. The maximum absolute atomic E-state index is 13.0. The fourth-order valence-corrected chi connectivity index (χ4v) is 4.24. The zero-order chi connectivity index (χ0) is 17.4. The SMILES string of the molecule is Cc1ccc2nc(S[C@@H](C)C(=O)N3CCCc4ccccc43)[nH]c2c1. The van der Waals surface area contributed by atoms with E-state index in [0.717, 1.165) is 41.3 Å². The van der Waals surface area contributed by atoms with E-state index in [9.17, 15) is 4.79 Å². The van der Waals surface area contributed by atoms with E-state index in [-0.39, 0.29) is 11.2 Å². The number of aromatic amines is 1. The summed E-state index contributed by atoms with van der Waals surface area (Å²) in [5, 5.41) is 0.611. The Morgan fingerprint density at radius 2 is 2.12 bits per heavy atom. The van der Waals surface area contributed by atoms with E-state index < -0.39 is 0 Å². The minimum atomic E-state index is -0.187. The number of aromatic nitrogens is 2. The third-order valence-electron chi connectivity index (χ3n) is 4.63. The summed E-state index contributed by atoms with van der Waals surface area (Å²) in [6, 6.07) is 14.4. The highest BCUT2D eigenvalue weighted by Crippen LogP contribution is 2.31. The lowest BCUT2D eigenvalue weighted by Crippen LogP contribution is -2.40. The summed E-state index contributed by atoms with van der Waals surface area (Å²) in [5.74, 6) is 0.147. The van der Waals surface area contributed by atoms with Crippen molar-refractivity contribution in [2.24, 2.45) is 0 Å². The van der Waals surface area contributed by atoms with Gasteiger partial charge in [-0.25, -0.2) is 4.98 Å². The number of H-pyrrole nitrogens is 1. The van der Waals surface area contributed by atoms with Gasteiger partial charge in [-0.2, -0.15) is 0 Å². The average Bonchev–Trinajstić information content (AvgIpc) is 3.01. The molecule has 1 amide bonds. The van der Waals surface area contributed by atoms with E-state index >= 15 is 0 Å². The summed E-state index contributed by atoms with van der Waals surface area (Å²) in [7, 11) is 0. The second kappa shape index (κ2) is 6.56. The number of hydrogen-bond donors (Lipinski definition) is 1. The van der Waals surface area contributed by atoms with Gasteiger partial charge in [-0.15, -0.1) is 0 Å². The molecule has 0 aliphatic carbocycles. The summed E-state index contributed by atoms with van der Waals surface area (Å²) in [4.78, 5) is 22.9. The number of carbonyl (C=O) groups excluding carboxylic acids is 1. The molecule has 1 N–H and O–H groups in total. The number of carbonyl (C=O) groups is 1. The van der Waals surface area contributed by atoms with Gasteiger partial charge in [-0.3, -0.25) is 4.79 Å². The van der Waals surface area contributed by atoms with Crippen LogP contribution >= 0.6 is 11.8 Å². The molecule has 1 aliphatic rings. The molecule has 25 heavy (non-hydrogen) atoms. The molecule has 3 aromatic rings. The first-order chi connectivity index (χ1) is 12.1. The molecule has 0 fully saturated rings. The Kier molecular flexibility index (Phi) is 4.25. The van der Waals surface area contributed by atoms with E-state index in [4.69, 9.17) is 0 Å². The maximum Gasteiger partial charge on any atom is 0.240 e. The lowest BCUT2D eigenvalue weighted by molar-refractivity contribution is -0.117. The first kappa shape index (κ1) is 16.2. The van der Waals surface area contributed by atoms with E-state index in [0.29, 0.717) is 0 Å². The number of para-hydroxylation sites is 1. The van der Waals surface area contributed by atoms with Crippen LogP contribution in [0.1, 0.15) is 24.5 Å². The number of nitrogens with one attached hydrogen (secondary N) is 1. The molecule has 2 aromatic carbocycles. The van der Waals surface area contributed by atoms with E-state index in [1.165, 1.54) is 22.9 Å². The van der Waals surface area contributed by atoms with Crippen LogP contribution in [0.15, 0.2) is 47.6 Å². The van der Waals surface area contributed by atoms with Crippen molar-refractivity contribution in [2.45, 2.75) is 37.1 Å². The smallest absolute Gasteiger partial charge is 0.240 e. The third-order valence-corrected chi connectivity index (χ3v) is 5.60. The topological polar surface area (TPSA) is 49.0 Å². The number of thioether (sulfide) groups is 1. The molecule has 0 unspecified atom stereocenters. The average molecular weight is 351 g/mol. The van der Waals surface area contributed by atoms with Gasteiger partial charge in [-0.05, 0) is 56.0 Å². The Labute approximate surface area is 151 Å². The summed E-state index contributed by atoms with van der Waals surface area (Å²) in [6.07, 6.45) is 2.06. The van der Waals surface area contributed by atoms with Gasteiger partial charge in [0.2, 0.25) is 5.91 Å². The van der Waals surface area contributed by atoms with Crippen molar-refractivity contribution in [3.05, 3.63) is 53.6 Å². The number of rotatable bonds is 3. The molecule has 0 radical (unpaired) electrons. The fourth-order valence-electron chi connectivity index (χ4n) is 3.36. The van der Waals surface area contributed by atoms with Gasteiger partial charge >= 0.3 is 0 Å². The highest BCUT2D eigenvalue weighted by molar-refractivity contribution is 8.00. The summed E-state index contributed by atoms with van der Waals surface area (Å²) >= 11 is 1.49. The highest BCUT2D eigenvalue weighted by Gasteiger charge is 2.27. The minimum absolute atomic E-state index is 0.147. The van der Waals surface area contributed by atoms with Gasteiger partial charge < -0.3 is 9.88 Å². The van der Waals surface area contributed by atoms with Gasteiger partial charge in [0.1, 0.15) is 0 Å². The normalized spacial score (nSPS) is 15.2. The predicted molar refractivity (Wildman–Crippen MR) is 103 cm³/mol. The second-order valence-corrected chi connectivity index (χ2v) is 7.87. The molecule has 128 valence electrons. The van der Waals surface area contributed by atoms with E-state index in [1.807, 2.05) is 36.1 Å². The van der Waals surface area contributed by atoms with Gasteiger partial charge in [0.05, 0.1) is 16.3 Å². The Morgan fingerprint density at radius 3 is 3.00 bits per heavy atom. The Morgan fingerprint density at radius 1 is 1.28 bits per heavy atom. The molecule has 4 nitrogen and oxygen atoms in total. The Bertz CT molecular complexity index is 934. The van der Waals surface area contributed by atoms with E-state index in [1.54, 1.807) is 0 Å². The highest BCUT2D eigenvalue weighted by atomic mass is 32.2.